The second-order valence-corrected chi connectivity index (χ2v) is 6.49. The fourth-order valence-electron chi connectivity index (χ4n) is 3.47. The highest BCUT2D eigenvalue weighted by molar-refractivity contribution is 6.28. The zero-order valence-electron chi connectivity index (χ0n) is 15.0. The Labute approximate surface area is 160 Å². The van der Waals surface area contributed by atoms with Crippen molar-refractivity contribution in [2.45, 2.75) is 12.1 Å². The Morgan fingerprint density at radius 2 is 1.57 bits per heavy atom. The summed E-state index contributed by atoms with van der Waals surface area (Å²) in [5, 5.41) is 2.64. The summed E-state index contributed by atoms with van der Waals surface area (Å²) in [6.45, 7) is -0.120. The number of fused-ring (bicyclic) bond motifs is 1. The van der Waals surface area contributed by atoms with E-state index in [-0.39, 0.29) is 23.9 Å². The zero-order chi connectivity index (χ0) is 19.8. The Hall–Kier alpha value is -3.52. The number of esters is 1. The van der Waals surface area contributed by atoms with E-state index in [1.807, 2.05) is 0 Å². The van der Waals surface area contributed by atoms with Crippen LogP contribution in [0.2, 0.25) is 0 Å². The second kappa shape index (κ2) is 6.90. The van der Waals surface area contributed by atoms with Crippen molar-refractivity contribution in [2.75, 3.05) is 23.9 Å². The van der Waals surface area contributed by atoms with Crippen molar-refractivity contribution in [3.05, 3.63) is 60.2 Å². The third-order valence-corrected chi connectivity index (χ3v) is 4.82. The van der Waals surface area contributed by atoms with Gasteiger partial charge in [-0.15, -0.1) is 0 Å². The van der Waals surface area contributed by atoms with Gasteiger partial charge in [0.1, 0.15) is 12.1 Å². The number of carbonyl (C=O) groups excluding carboxylic acids is 4. The topological polar surface area (TPSA) is 95.8 Å². The number of carbonyl (C=O) groups is 4. The summed E-state index contributed by atoms with van der Waals surface area (Å²) >= 11 is 0. The van der Waals surface area contributed by atoms with E-state index in [4.69, 9.17) is 4.74 Å². The van der Waals surface area contributed by atoms with Crippen LogP contribution in [-0.4, -0.2) is 54.3 Å². The highest BCUT2D eigenvalue weighted by atomic mass is 16.5. The smallest absolute Gasteiger partial charge is 0.339 e. The summed E-state index contributed by atoms with van der Waals surface area (Å²) in [4.78, 5) is 52.0. The Morgan fingerprint density at radius 3 is 2.21 bits per heavy atom. The lowest BCUT2D eigenvalue weighted by molar-refractivity contribution is -0.124. The van der Waals surface area contributed by atoms with Gasteiger partial charge in [-0.25, -0.2) is 9.69 Å². The average Bonchev–Trinajstić information content (AvgIpc) is 3.34. The monoisotopic (exact) mass is 379 g/mol. The number of nitrogens with zero attached hydrogens (tertiary/aromatic N) is 2. The molecule has 1 N–H and O–H groups in total. The van der Waals surface area contributed by atoms with Gasteiger partial charge in [-0.3, -0.25) is 19.3 Å². The first kappa shape index (κ1) is 17.9. The first-order valence-corrected chi connectivity index (χ1v) is 8.68. The van der Waals surface area contributed by atoms with Crippen LogP contribution in [0.25, 0.3) is 0 Å². The van der Waals surface area contributed by atoms with Crippen LogP contribution in [0.4, 0.5) is 11.4 Å². The number of rotatable bonds is 5. The normalized spacial score (nSPS) is 22.6. The Morgan fingerprint density at radius 1 is 0.964 bits per heavy atom. The molecule has 0 saturated carbocycles. The first-order chi connectivity index (χ1) is 13.5. The van der Waals surface area contributed by atoms with E-state index in [0.717, 1.165) is 4.90 Å². The minimum Gasteiger partial charge on any atom is -0.465 e. The molecule has 2 fully saturated rings. The van der Waals surface area contributed by atoms with E-state index in [2.05, 4.69) is 5.32 Å². The van der Waals surface area contributed by atoms with Crippen molar-refractivity contribution >= 4 is 35.1 Å². The van der Waals surface area contributed by atoms with Gasteiger partial charge in [0.05, 0.1) is 30.6 Å². The minimum atomic E-state index is -0.616. The molecule has 28 heavy (non-hydrogen) atoms. The molecule has 4 rings (SSSR count). The molecular weight excluding hydrogens is 362 g/mol. The summed E-state index contributed by atoms with van der Waals surface area (Å²) in [5.41, 5.74) is 1.07. The van der Waals surface area contributed by atoms with Crippen LogP contribution in [0.15, 0.2) is 54.6 Å². The fourth-order valence-corrected chi connectivity index (χ4v) is 3.47. The van der Waals surface area contributed by atoms with Crippen molar-refractivity contribution in [1.29, 1.82) is 0 Å². The number of piperazine rings is 1. The molecule has 142 valence electrons. The highest BCUT2D eigenvalue weighted by Gasteiger charge is 2.66. The highest BCUT2D eigenvalue weighted by Crippen LogP contribution is 2.39. The molecular formula is C20H17N3O5. The Kier molecular flexibility index (Phi) is 4.40. The lowest BCUT2D eigenvalue weighted by Crippen LogP contribution is -2.40. The average molecular weight is 379 g/mol. The molecule has 0 spiro atoms. The van der Waals surface area contributed by atoms with Crippen molar-refractivity contribution < 1.29 is 23.9 Å². The third kappa shape index (κ3) is 2.93. The van der Waals surface area contributed by atoms with E-state index in [9.17, 15) is 19.2 Å². The van der Waals surface area contributed by atoms with Gasteiger partial charge in [0.25, 0.3) is 11.8 Å². The molecule has 8 heteroatoms. The molecule has 0 unspecified atom stereocenters. The summed E-state index contributed by atoms with van der Waals surface area (Å²) in [6.07, 6.45) is 0. The molecule has 2 aliphatic rings. The standard InChI is InChI=1S/C20H17N3O5/c1-28-20(27)13-9-5-6-10-14(13)21-15(24)11-22-16-17(22)19(26)23(18(16)25)12-7-3-2-4-8-12/h2-10,16-17H,11H2,1H3,(H,21,24)/t16-,17-/m1/s1. The molecule has 0 aromatic heterocycles. The van der Waals surface area contributed by atoms with Crippen LogP contribution in [0.3, 0.4) is 0 Å². The van der Waals surface area contributed by atoms with Gasteiger partial charge in [0.15, 0.2) is 0 Å². The van der Waals surface area contributed by atoms with Crippen LogP contribution >= 0.6 is 0 Å². The van der Waals surface area contributed by atoms with Gasteiger partial charge in [-0.2, -0.15) is 0 Å². The van der Waals surface area contributed by atoms with Crippen LogP contribution < -0.4 is 10.2 Å². The molecule has 2 heterocycles. The van der Waals surface area contributed by atoms with Gasteiger partial charge in [-0.1, -0.05) is 30.3 Å². The summed E-state index contributed by atoms with van der Waals surface area (Å²) in [7, 11) is 1.26. The van der Waals surface area contributed by atoms with E-state index in [1.165, 1.54) is 7.11 Å². The lowest BCUT2D eigenvalue weighted by Gasteiger charge is -2.19. The number of anilines is 2. The third-order valence-electron chi connectivity index (χ3n) is 4.82. The SMILES string of the molecule is COC(=O)c1ccccc1NC(=O)CN1[C@H]2C(=O)N(c3ccccc3)C(=O)[C@@H]21. The Balaban J connectivity index is 1.42. The molecule has 2 aromatic rings. The fraction of sp³-hybridized carbons (Fsp3) is 0.200. The van der Waals surface area contributed by atoms with Crippen molar-refractivity contribution in [2.24, 2.45) is 0 Å². The molecule has 2 aliphatic heterocycles. The number of hydrogen-bond acceptors (Lipinski definition) is 6. The molecule has 2 saturated heterocycles. The number of ether oxygens (including phenoxy) is 1. The molecule has 0 bridgehead atoms. The van der Waals surface area contributed by atoms with Gasteiger partial charge < -0.3 is 10.1 Å². The van der Waals surface area contributed by atoms with Crippen LogP contribution in [0.1, 0.15) is 10.4 Å². The van der Waals surface area contributed by atoms with Crippen molar-refractivity contribution in [1.82, 2.24) is 4.90 Å². The van der Waals surface area contributed by atoms with Crippen LogP contribution in [0, 0.1) is 0 Å². The van der Waals surface area contributed by atoms with Crippen molar-refractivity contribution in [3.8, 4) is 0 Å². The zero-order valence-corrected chi connectivity index (χ0v) is 15.0. The number of imide groups is 1. The van der Waals surface area contributed by atoms with Crippen LogP contribution in [-0.2, 0) is 19.1 Å². The largest absolute Gasteiger partial charge is 0.465 e. The van der Waals surface area contributed by atoms with Gasteiger partial charge >= 0.3 is 5.97 Å². The van der Waals surface area contributed by atoms with Crippen LogP contribution in [0.5, 0.6) is 0 Å². The molecule has 3 amide bonds. The first-order valence-electron chi connectivity index (χ1n) is 8.68. The number of para-hydroxylation sites is 2. The summed E-state index contributed by atoms with van der Waals surface area (Å²) in [6, 6.07) is 13.9. The predicted octanol–water partition coefficient (Wildman–Crippen LogP) is 1.04. The Bertz CT molecular complexity index is 953. The minimum absolute atomic E-state index is 0.120. The van der Waals surface area contributed by atoms with E-state index < -0.39 is 24.0 Å². The second-order valence-electron chi connectivity index (χ2n) is 6.49. The number of methoxy groups -OCH3 is 1. The number of amides is 3. The van der Waals surface area contributed by atoms with Gasteiger partial charge in [0, 0.05) is 0 Å². The van der Waals surface area contributed by atoms with E-state index in [0.29, 0.717) is 11.4 Å². The maximum absolute atomic E-state index is 12.6. The lowest BCUT2D eigenvalue weighted by atomic mass is 10.2. The number of benzene rings is 2. The number of hydrogen-bond donors (Lipinski definition) is 1. The van der Waals surface area contributed by atoms with E-state index in [1.54, 1.807) is 59.5 Å². The maximum atomic E-state index is 12.6. The van der Waals surface area contributed by atoms with Gasteiger partial charge in [-0.05, 0) is 24.3 Å². The predicted molar refractivity (Wildman–Crippen MR) is 99.6 cm³/mol. The quantitative estimate of drug-likeness (QED) is 0.474. The van der Waals surface area contributed by atoms with Crippen molar-refractivity contribution in [3.63, 3.8) is 0 Å². The summed E-state index contributed by atoms with van der Waals surface area (Å²) in [5.74, 6) is -1.64. The van der Waals surface area contributed by atoms with E-state index >= 15 is 0 Å². The molecule has 2 aromatic carbocycles. The number of nitrogens with one attached hydrogen (secondary N) is 1. The summed E-state index contributed by atoms with van der Waals surface area (Å²) < 4.78 is 4.70. The molecule has 2 atom stereocenters. The molecule has 0 aliphatic carbocycles. The maximum Gasteiger partial charge on any atom is 0.339 e. The molecule has 8 nitrogen and oxygen atoms in total. The molecule has 0 radical (unpaired) electrons. The van der Waals surface area contributed by atoms with Gasteiger partial charge in [0.2, 0.25) is 5.91 Å².